The second-order valence-corrected chi connectivity index (χ2v) is 14.6. The minimum atomic E-state index is -0.940. The van der Waals surface area contributed by atoms with Crippen molar-refractivity contribution >= 4 is 0 Å². The van der Waals surface area contributed by atoms with Crippen LogP contribution < -0.4 is 0 Å². The summed E-state index contributed by atoms with van der Waals surface area (Å²) in [5.74, 6) is 2.41. The Morgan fingerprint density at radius 2 is 0.709 bits per heavy atom. The van der Waals surface area contributed by atoms with Crippen molar-refractivity contribution in [3.63, 3.8) is 0 Å². The third kappa shape index (κ3) is 21.8. The number of ether oxygens (including phenoxy) is 7. The molecular weight excluding hydrogens is 689 g/mol. The Hall–Kier alpha value is -3.00. The van der Waals surface area contributed by atoms with Crippen LogP contribution in [0.25, 0.3) is 0 Å². The van der Waals surface area contributed by atoms with Crippen LogP contribution in [-0.4, -0.2) is 41.0 Å². The molecule has 0 aliphatic carbocycles. The van der Waals surface area contributed by atoms with Crippen molar-refractivity contribution in [1.29, 1.82) is 0 Å². The Morgan fingerprint density at radius 1 is 0.400 bits per heavy atom. The van der Waals surface area contributed by atoms with Crippen molar-refractivity contribution in [2.75, 3.05) is 28.4 Å². The normalized spacial score (nSPS) is 13.5. The van der Waals surface area contributed by atoms with E-state index in [9.17, 15) is 0 Å². The van der Waals surface area contributed by atoms with Gasteiger partial charge in [-0.05, 0) is 24.0 Å². The monoisotopic (exact) mass is 767 g/mol. The van der Waals surface area contributed by atoms with Crippen LogP contribution in [0.5, 0.6) is 0 Å². The third-order valence-corrected chi connectivity index (χ3v) is 10.2. The number of unbranched alkanes of at least 4 members (excludes halogenated alkanes) is 18. The summed E-state index contributed by atoms with van der Waals surface area (Å²) in [5, 5.41) is 0. The molecule has 2 aromatic rings. The maximum Gasteiger partial charge on any atom is 0.223 e. The van der Waals surface area contributed by atoms with Gasteiger partial charge in [0.2, 0.25) is 12.6 Å². The fraction of sp³-hybridized carbons (Fsp3) is 0.667. The van der Waals surface area contributed by atoms with Gasteiger partial charge in [0.25, 0.3) is 0 Å². The quantitative estimate of drug-likeness (QED) is 0.0389. The van der Waals surface area contributed by atoms with Gasteiger partial charge in [-0.1, -0.05) is 190 Å². The van der Waals surface area contributed by atoms with Crippen LogP contribution >= 0.6 is 0 Å². The minimum Gasteiger partial charge on any atom is -0.497 e. The molecule has 0 aromatic heterocycles. The molecule has 0 spiro atoms. The molecule has 0 N–H and O–H groups in total. The van der Waals surface area contributed by atoms with Gasteiger partial charge in [-0.25, -0.2) is 0 Å². The van der Waals surface area contributed by atoms with Crippen molar-refractivity contribution in [2.45, 2.75) is 181 Å². The summed E-state index contributed by atoms with van der Waals surface area (Å²) in [5.41, 5.74) is 2.03. The minimum absolute atomic E-state index is 0.306. The molecule has 0 saturated carbocycles. The smallest absolute Gasteiger partial charge is 0.223 e. The summed E-state index contributed by atoms with van der Waals surface area (Å²) in [6, 6.07) is 20.2. The van der Waals surface area contributed by atoms with Crippen LogP contribution in [0.1, 0.15) is 166 Å². The molecule has 0 fully saturated rings. The predicted octanol–water partition coefficient (Wildman–Crippen LogP) is 13.7. The van der Waals surface area contributed by atoms with Gasteiger partial charge < -0.3 is 33.2 Å². The van der Waals surface area contributed by atoms with Crippen molar-refractivity contribution in [2.24, 2.45) is 0 Å². The molecule has 0 aliphatic rings. The van der Waals surface area contributed by atoms with Crippen LogP contribution in [0.15, 0.2) is 83.7 Å². The zero-order valence-corrected chi connectivity index (χ0v) is 35.8. The maximum absolute atomic E-state index is 6.79. The van der Waals surface area contributed by atoms with Gasteiger partial charge in [0, 0.05) is 12.8 Å². The molecule has 0 amide bonds. The molecule has 2 unspecified atom stereocenters. The van der Waals surface area contributed by atoms with Crippen LogP contribution in [0, 0.1) is 0 Å². The van der Waals surface area contributed by atoms with E-state index in [1.165, 1.54) is 103 Å². The molecule has 312 valence electrons. The highest BCUT2D eigenvalue weighted by molar-refractivity contribution is 5.15. The van der Waals surface area contributed by atoms with Crippen molar-refractivity contribution in [3.05, 3.63) is 94.8 Å². The van der Waals surface area contributed by atoms with E-state index in [4.69, 9.17) is 33.2 Å². The number of allylic oxidation sites excluding steroid dienone is 2. The van der Waals surface area contributed by atoms with E-state index in [2.05, 4.69) is 13.8 Å². The summed E-state index contributed by atoms with van der Waals surface area (Å²) in [4.78, 5) is 0. The van der Waals surface area contributed by atoms with E-state index >= 15 is 0 Å². The second kappa shape index (κ2) is 33.2. The second-order valence-electron chi connectivity index (χ2n) is 14.6. The molecule has 0 radical (unpaired) electrons. The van der Waals surface area contributed by atoms with Gasteiger partial charge in [0.05, 0.1) is 41.7 Å². The Bertz CT molecular complexity index is 1130. The molecule has 7 nitrogen and oxygen atoms in total. The van der Waals surface area contributed by atoms with Crippen LogP contribution in [0.2, 0.25) is 0 Å². The fourth-order valence-electron chi connectivity index (χ4n) is 6.84. The average Bonchev–Trinajstić information content (AvgIpc) is 3.22. The van der Waals surface area contributed by atoms with Crippen LogP contribution in [-0.2, 0) is 46.4 Å². The Balaban J connectivity index is 2.25. The largest absolute Gasteiger partial charge is 0.497 e. The van der Waals surface area contributed by atoms with Gasteiger partial charge >= 0.3 is 0 Å². The lowest BCUT2D eigenvalue weighted by atomic mass is 10.1. The topological polar surface area (TPSA) is 64.6 Å². The van der Waals surface area contributed by atoms with E-state index in [1.807, 2.05) is 60.7 Å². The van der Waals surface area contributed by atoms with E-state index in [0.29, 0.717) is 36.3 Å². The fourth-order valence-corrected chi connectivity index (χ4v) is 6.84. The van der Waals surface area contributed by atoms with E-state index < -0.39 is 12.6 Å². The molecule has 0 bridgehead atoms. The van der Waals surface area contributed by atoms with Gasteiger partial charge in [0.15, 0.2) is 11.5 Å². The van der Waals surface area contributed by atoms with Crippen molar-refractivity contribution in [3.8, 4) is 0 Å². The maximum atomic E-state index is 6.79. The molecule has 0 heterocycles. The number of rotatable bonds is 36. The first-order valence-corrected chi connectivity index (χ1v) is 21.7. The average molecular weight is 767 g/mol. The lowest BCUT2D eigenvalue weighted by Gasteiger charge is -2.29. The van der Waals surface area contributed by atoms with Crippen LogP contribution in [0.4, 0.5) is 0 Å². The molecule has 2 aromatic carbocycles. The summed E-state index contributed by atoms with van der Waals surface area (Å²) in [6.07, 6.45) is 24.8. The lowest BCUT2D eigenvalue weighted by molar-refractivity contribution is -0.246. The molecule has 55 heavy (non-hydrogen) atoms. The number of methoxy groups -OCH3 is 4. The third-order valence-electron chi connectivity index (χ3n) is 10.2. The highest BCUT2D eigenvalue weighted by Crippen LogP contribution is 2.28. The zero-order valence-electron chi connectivity index (χ0n) is 35.8. The summed E-state index contributed by atoms with van der Waals surface area (Å²) < 4.78 is 44.0. The predicted molar refractivity (Wildman–Crippen MR) is 226 cm³/mol. The zero-order chi connectivity index (χ0) is 39.6. The summed E-state index contributed by atoms with van der Waals surface area (Å²) >= 11 is 0. The molecule has 2 rings (SSSR count). The Morgan fingerprint density at radius 3 is 1.00 bits per heavy atom. The standard InChI is InChI=1S/C48H78O7/c1-7-9-11-13-15-17-19-21-23-31-37-43(49-3)45(51-5)47(53-39-41-33-27-25-28-34-41)55-48(54-40-42-35-29-26-30-36-42)46(52-6)44(50-4)38-32-24-22-20-18-16-14-12-10-8-2/h25-30,33-36,47-48H,7-24,31-32,37-40H2,1-6H3. The number of hydrogen-bond acceptors (Lipinski definition) is 7. The Kier molecular flexibility index (Phi) is 29.0. The number of benzene rings is 2. The van der Waals surface area contributed by atoms with Crippen LogP contribution in [0.3, 0.4) is 0 Å². The molecule has 0 aliphatic heterocycles. The summed E-state index contributed by atoms with van der Waals surface area (Å²) in [6.45, 7) is 5.15. The first-order valence-electron chi connectivity index (χ1n) is 21.7. The number of hydrogen-bond donors (Lipinski definition) is 0. The SMILES string of the molecule is CCCCCCCCCCCCC(OC)=C(OC)C(OCc1ccccc1)OC(OCc1ccccc1)C(OC)=C(CCCCCCCCCCCC)OC. The van der Waals surface area contributed by atoms with E-state index in [0.717, 1.165) is 49.7 Å². The lowest BCUT2D eigenvalue weighted by Crippen LogP contribution is -2.32. The first kappa shape index (κ1) is 48.1. The van der Waals surface area contributed by atoms with Gasteiger partial charge in [-0.15, -0.1) is 0 Å². The molecule has 2 atom stereocenters. The molecular formula is C48H78O7. The summed E-state index contributed by atoms with van der Waals surface area (Å²) in [7, 11) is 6.68. The van der Waals surface area contributed by atoms with E-state index in [-0.39, 0.29) is 0 Å². The van der Waals surface area contributed by atoms with Crippen molar-refractivity contribution in [1.82, 2.24) is 0 Å². The molecule has 7 heteroatoms. The Labute approximate surface area is 336 Å². The van der Waals surface area contributed by atoms with E-state index in [1.54, 1.807) is 28.4 Å². The van der Waals surface area contributed by atoms with Gasteiger partial charge in [-0.3, -0.25) is 0 Å². The molecule has 0 saturated heterocycles. The van der Waals surface area contributed by atoms with Crippen molar-refractivity contribution < 1.29 is 33.2 Å². The van der Waals surface area contributed by atoms with Gasteiger partial charge in [-0.2, -0.15) is 0 Å². The van der Waals surface area contributed by atoms with Gasteiger partial charge in [0.1, 0.15) is 11.5 Å². The highest BCUT2D eigenvalue weighted by Gasteiger charge is 2.31. The highest BCUT2D eigenvalue weighted by atomic mass is 16.8. The first-order chi connectivity index (χ1) is 27.1.